The maximum absolute atomic E-state index is 12.1. The average molecular weight is 274 g/mol. The number of nitrogens with one attached hydrogen (secondary N) is 1. The van der Waals surface area contributed by atoms with Crippen LogP contribution in [0.5, 0.6) is 0 Å². The average Bonchev–Trinajstić information content (AvgIpc) is 3.17. The molecule has 1 aliphatic heterocycles. The third kappa shape index (κ3) is 2.92. The van der Waals surface area contributed by atoms with Crippen LogP contribution in [0.2, 0.25) is 0 Å². The molecule has 1 atom stereocenters. The molecule has 0 bridgehead atoms. The zero-order chi connectivity index (χ0) is 13.8. The van der Waals surface area contributed by atoms with Crippen LogP contribution in [0.3, 0.4) is 0 Å². The summed E-state index contributed by atoms with van der Waals surface area (Å²) in [6, 6.07) is 2.17. The van der Waals surface area contributed by atoms with Crippen LogP contribution in [0.4, 0.5) is 5.95 Å². The molecule has 1 aliphatic carbocycles. The van der Waals surface area contributed by atoms with Gasteiger partial charge in [-0.2, -0.15) is 0 Å². The third-order valence-corrected chi connectivity index (χ3v) is 4.42. The molecule has 2 aliphatic rings. The van der Waals surface area contributed by atoms with Gasteiger partial charge in [-0.1, -0.05) is 12.8 Å². The van der Waals surface area contributed by atoms with E-state index in [2.05, 4.69) is 20.2 Å². The quantitative estimate of drug-likeness (QED) is 0.909. The number of carbonyl (C=O) groups is 1. The van der Waals surface area contributed by atoms with Crippen LogP contribution in [-0.4, -0.2) is 35.0 Å². The molecule has 2 heterocycles. The summed E-state index contributed by atoms with van der Waals surface area (Å²) in [7, 11) is 0. The van der Waals surface area contributed by atoms with Gasteiger partial charge in [-0.05, 0) is 31.7 Å². The molecule has 0 aromatic carbocycles. The number of nitrogens with zero attached hydrogens (tertiary/aromatic N) is 3. The molecule has 1 saturated heterocycles. The van der Waals surface area contributed by atoms with Crippen LogP contribution in [0.25, 0.3) is 0 Å². The number of hydrogen-bond donors (Lipinski definition) is 1. The summed E-state index contributed by atoms with van der Waals surface area (Å²) in [6.07, 6.45) is 10.3. The monoisotopic (exact) mass is 274 g/mol. The van der Waals surface area contributed by atoms with Crippen molar-refractivity contribution in [2.24, 2.45) is 5.92 Å². The van der Waals surface area contributed by atoms with E-state index in [1.165, 1.54) is 12.8 Å². The maximum Gasteiger partial charge on any atom is 0.225 e. The normalized spacial score (nSPS) is 23.2. The maximum atomic E-state index is 12.1. The summed E-state index contributed by atoms with van der Waals surface area (Å²) in [6.45, 7) is 1.70. The van der Waals surface area contributed by atoms with Crippen LogP contribution < -0.4 is 10.2 Å². The Labute approximate surface area is 119 Å². The van der Waals surface area contributed by atoms with Crippen molar-refractivity contribution in [3.8, 4) is 0 Å². The van der Waals surface area contributed by atoms with Gasteiger partial charge in [0.1, 0.15) is 0 Å². The molecule has 1 saturated carbocycles. The Bertz CT molecular complexity index is 444. The molecular formula is C15H22N4O. The second-order valence-corrected chi connectivity index (χ2v) is 5.76. The van der Waals surface area contributed by atoms with Crippen LogP contribution in [0.1, 0.15) is 38.5 Å². The van der Waals surface area contributed by atoms with E-state index in [4.69, 9.17) is 0 Å². The van der Waals surface area contributed by atoms with E-state index in [0.29, 0.717) is 12.6 Å². The highest BCUT2D eigenvalue weighted by Crippen LogP contribution is 2.25. The SMILES string of the molecule is O=C(NCC1CCCN1c1ncccn1)C1CCCC1. The Kier molecular flexibility index (Phi) is 4.14. The second-order valence-electron chi connectivity index (χ2n) is 5.76. The molecule has 1 N–H and O–H groups in total. The summed E-state index contributed by atoms with van der Waals surface area (Å²) in [5, 5.41) is 3.13. The molecule has 1 aromatic heterocycles. The number of rotatable bonds is 4. The molecular weight excluding hydrogens is 252 g/mol. The zero-order valence-corrected chi connectivity index (χ0v) is 11.8. The van der Waals surface area contributed by atoms with Gasteiger partial charge in [0.05, 0.1) is 0 Å². The van der Waals surface area contributed by atoms with Gasteiger partial charge < -0.3 is 10.2 Å². The standard InChI is InChI=1S/C15H22N4O/c20-14(12-5-1-2-6-12)18-11-13-7-3-10-19(13)15-16-8-4-9-17-15/h4,8-9,12-13H,1-3,5-7,10-11H2,(H,18,20). The number of amides is 1. The van der Waals surface area contributed by atoms with E-state index in [1.807, 2.05) is 6.07 Å². The highest BCUT2D eigenvalue weighted by atomic mass is 16.1. The molecule has 5 nitrogen and oxygen atoms in total. The lowest BCUT2D eigenvalue weighted by Gasteiger charge is -2.25. The second kappa shape index (κ2) is 6.20. The largest absolute Gasteiger partial charge is 0.354 e. The Morgan fingerprint density at radius 3 is 2.70 bits per heavy atom. The highest BCUT2D eigenvalue weighted by molar-refractivity contribution is 5.78. The van der Waals surface area contributed by atoms with Gasteiger partial charge in [-0.3, -0.25) is 4.79 Å². The third-order valence-electron chi connectivity index (χ3n) is 4.42. The first-order valence-electron chi connectivity index (χ1n) is 7.66. The molecule has 0 spiro atoms. The topological polar surface area (TPSA) is 58.1 Å². The van der Waals surface area contributed by atoms with E-state index in [9.17, 15) is 4.79 Å². The number of hydrogen-bond acceptors (Lipinski definition) is 4. The number of carbonyl (C=O) groups excluding carboxylic acids is 1. The van der Waals surface area contributed by atoms with Crippen molar-refractivity contribution < 1.29 is 4.79 Å². The molecule has 2 fully saturated rings. The van der Waals surface area contributed by atoms with E-state index in [1.54, 1.807) is 12.4 Å². The number of aromatic nitrogens is 2. The molecule has 5 heteroatoms. The molecule has 108 valence electrons. The molecule has 0 radical (unpaired) electrons. The summed E-state index contributed by atoms with van der Waals surface area (Å²) < 4.78 is 0. The van der Waals surface area contributed by atoms with Gasteiger partial charge in [-0.25, -0.2) is 9.97 Å². The first kappa shape index (κ1) is 13.3. The van der Waals surface area contributed by atoms with E-state index >= 15 is 0 Å². The minimum atomic E-state index is 0.239. The summed E-state index contributed by atoms with van der Waals surface area (Å²) in [4.78, 5) is 22.9. The number of anilines is 1. The van der Waals surface area contributed by atoms with Crippen molar-refractivity contribution in [2.75, 3.05) is 18.0 Å². The first-order chi connectivity index (χ1) is 9.84. The van der Waals surface area contributed by atoms with E-state index in [-0.39, 0.29) is 11.8 Å². The van der Waals surface area contributed by atoms with E-state index < -0.39 is 0 Å². The first-order valence-corrected chi connectivity index (χ1v) is 7.66. The van der Waals surface area contributed by atoms with E-state index in [0.717, 1.165) is 38.2 Å². The molecule has 1 unspecified atom stereocenters. The van der Waals surface area contributed by atoms with Crippen molar-refractivity contribution >= 4 is 11.9 Å². The minimum Gasteiger partial charge on any atom is -0.354 e. The van der Waals surface area contributed by atoms with Gasteiger partial charge in [0.15, 0.2) is 0 Å². The summed E-state index contributed by atoms with van der Waals surface area (Å²) in [5.41, 5.74) is 0. The van der Waals surface area contributed by atoms with Gasteiger partial charge in [-0.15, -0.1) is 0 Å². The van der Waals surface area contributed by atoms with Crippen molar-refractivity contribution in [3.05, 3.63) is 18.5 Å². The zero-order valence-electron chi connectivity index (χ0n) is 11.8. The predicted molar refractivity (Wildman–Crippen MR) is 77.4 cm³/mol. The highest BCUT2D eigenvalue weighted by Gasteiger charge is 2.28. The van der Waals surface area contributed by atoms with Crippen molar-refractivity contribution in [1.82, 2.24) is 15.3 Å². The Balaban J connectivity index is 1.55. The van der Waals surface area contributed by atoms with Crippen LogP contribution in [0, 0.1) is 5.92 Å². The Morgan fingerprint density at radius 1 is 1.20 bits per heavy atom. The fraction of sp³-hybridized carbons (Fsp3) is 0.667. The Morgan fingerprint density at radius 2 is 1.95 bits per heavy atom. The van der Waals surface area contributed by atoms with Gasteiger partial charge in [0.2, 0.25) is 11.9 Å². The van der Waals surface area contributed by atoms with Crippen LogP contribution in [-0.2, 0) is 4.79 Å². The molecule has 1 aromatic rings. The van der Waals surface area contributed by atoms with Gasteiger partial charge in [0, 0.05) is 37.4 Å². The summed E-state index contributed by atoms with van der Waals surface area (Å²) >= 11 is 0. The van der Waals surface area contributed by atoms with Crippen molar-refractivity contribution in [3.63, 3.8) is 0 Å². The minimum absolute atomic E-state index is 0.239. The fourth-order valence-electron chi connectivity index (χ4n) is 3.30. The van der Waals surface area contributed by atoms with Gasteiger partial charge >= 0.3 is 0 Å². The lowest BCUT2D eigenvalue weighted by molar-refractivity contribution is -0.124. The lowest BCUT2D eigenvalue weighted by Crippen LogP contribution is -2.42. The molecule has 20 heavy (non-hydrogen) atoms. The molecule has 3 rings (SSSR count). The Hall–Kier alpha value is -1.65. The smallest absolute Gasteiger partial charge is 0.225 e. The molecule has 1 amide bonds. The van der Waals surface area contributed by atoms with Crippen molar-refractivity contribution in [1.29, 1.82) is 0 Å². The fourth-order valence-corrected chi connectivity index (χ4v) is 3.30. The van der Waals surface area contributed by atoms with Gasteiger partial charge in [0.25, 0.3) is 0 Å². The van der Waals surface area contributed by atoms with Crippen LogP contribution >= 0.6 is 0 Å². The predicted octanol–water partition coefficient (Wildman–Crippen LogP) is 1.75. The summed E-state index contributed by atoms with van der Waals surface area (Å²) in [5.74, 6) is 1.27. The van der Waals surface area contributed by atoms with Crippen LogP contribution in [0.15, 0.2) is 18.5 Å². The lowest BCUT2D eigenvalue weighted by atomic mass is 10.1. The van der Waals surface area contributed by atoms with Crippen molar-refractivity contribution in [2.45, 2.75) is 44.6 Å².